The van der Waals surface area contributed by atoms with Crippen LogP contribution in [0, 0.1) is 0 Å². The van der Waals surface area contributed by atoms with Crippen molar-refractivity contribution in [2.24, 2.45) is 0 Å². The van der Waals surface area contributed by atoms with Gasteiger partial charge in [0.25, 0.3) is 0 Å². The Kier molecular flexibility index (Phi) is 7.48. The number of para-hydroxylation sites is 4. The first-order valence-corrected chi connectivity index (χ1v) is 21.9. The highest BCUT2D eigenvalue weighted by atomic mass is 15.1. The first kappa shape index (κ1) is 35.2. The molecule has 62 heavy (non-hydrogen) atoms. The lowest BCUT2D eigenvalue weighted by molar-refractivity contribution is 0.467. The maximum absolute atomic E-state index is 2.55. The Labute approximate surface area is 361 Å². The Balaban J connectivity index is 1.12. The molecule has 3 heteroatoms. The second kappa shape index (κ2) is 13.2. The van der Waals surface area contributed by atoms with Crippen molar-refractivity contribution < 1.29 is 0 Å². The SMILES string of the molecule is CC1(C)CCN(c2ccccc2)c2cc3c(cc21)-c1ccccc1-c1ccccc1-c1c-3cccc1-n1c2ccccc2c2cc(-n3c4ccccc4c4ccccc43)ccc21. The van der Waals surface area contributed by atoms with Crippen LogP contribution in [0.3, 0.4) is 0 Å². The van der Waals surface area contributed by atoms with Crippen LogP contribution in [-0.4, -0.2) is 15.7 Å². The van der Waals surface area contributed by atoms with Crippen LogP contribution in [0.25, 0.3) is 99.5 Å². The summed E-state index contributed by atoms with van der Waals surface area (Å²) in [6, 6.07) is 74.7. The molecule has 0 atom stereocenters. The van der Waals surface area contributed by atoms with Crippen LogP contribution in [0.15, 0.2) is 200 Å². The summed E-state index contributed by atoms with van der Waals surface area (Å²) in [5.41, 5.74) is 21.1. The minimum atomic E-state index is 0.0105. The molecule has 0 radical (unpaired) electrons. The van der Waals surface area contributed by atoms with Crippen LogP contribution in [0.2, 0.25) is 0 Å². The first-order valence-electron chi connectivity index (χ1n) is 21.9. The lowest BCUT2D eigenvalue weighted by Gasteiger charge is -2.41. The number of hydrogen-bond acceptors (Lipinski definition) is 1. The van der Waals surface area contributed by atoms with Crippen molar-refractivity contribution in [2.75, 3.05) is 11.4 Å². The van der Waals surface area contributed by atoms with Crippen LogP contribution in [-0.2, 0) is 5.41 Å². The molecule has 0 spiro atoms. The lowest BCUT2D eigenvalue weighted by Crippen LogP contribution is -2.34. The highest BCUT2D eigenvalue weighted by molar-refractivity contribution is 6.14. The summed E-state index contributed by atoms with van der Waals surface area (Å²) in [5.74, 6) is 0. The predicted octanol–water partition coefficient (Wildman–Crippen LogP) is 15.7. The fraction of sp³-hybridized carbons (Fsp3) is 0.0847. The Bertz CT molecular complexity index is 3570. The molecule has 0 bridgehead atoms. The minimum absolute atomic E-state index is 0.0105. The second-order valence-electron chi connectivity index (χ2n) is 17.8. The van der Waals surface area contributed by atoms with E-state index in [1.54, 1.807) is 0 Å². The molecule has 0 unspecified atom stereocenters. The van der Waals surface area contributed by atoms with Crippen molar-refractivity contribution in [2.45, 2.75) is 25.7 Å². The van der Waals surface area contributed by atoms with Gasteiger partial charge in [-0.3, -0.25) is 0 Å². The Morgan fingerprint density at radius 2 is 0.871 bits per heavy atom. The van der Waals surface area contributed by atoms with Crippen molar-refractivity contribution in [3.8, 4) is 55.9 Å². The molecule has 3 nitrogen and oxygen atoms in total. The molecular formula is C59H43N3. The predicted molar refractivity (Wildman–Crippen MR) is 262 cm³/mol. The fourth-order valence-corrected chi connectivity index (χ4v) is 11.0. The molecule has 294 valence electrons. The summed E-state index contributed by atoms with van der Waals surface area (Å²) in [6.45, 7) is 5.81. The number of fused-ring (bicyclic) bond motifs is 15. The van der Waals surface area contributed by atoms with Gasteiger partial charge in [-0.15, -0.1) is 0 Å². The summed E-state index contributed by atoms with van der Waals surface area (Å²) in [5, 5.41) is 5.01. The average molecular weight is 794 g/mol. The zero-order chi connectivity index (χ0) is 41.1. The van der Waals surface area contributed by atoms with E-state index in [0.717, 1.165) is 18.7 Å². The van der Waals surface area contributed by atoms with E-state index in [1.807, 2.05) is 0 Å². The van der Waals surface area contributed by atoms with Gasteiger partial charge in [0.05, 0.1) is 27.8 Å². The molecule has 0 amide bonds. The molecule has 0 saturated carbocycles. The van der Waals surface area contributed by atoms with E-state index in [4.69, 9.17) is 0 Å². The highest BCUT2D eigenvalue weighted by Gasteiger charge is 2.35. The maximum Gasteiger partial charge on any atom is 0.0547 e. The normalized spacial score (nSPS) is 13.9. The molecule has 0 saturated heterocycles. The Morgan fingerprint density at radius 1 is 0.355 bits per heavy atom. The number of rotatable bonds is 3. The zero-order valence-corrected chi connectivity index (χ0v) is 34.8. The van der Waals surface area contributed by atoms with Crippen LogP contribution >= 0.6 is 0 Å². The minimum Gasteiger partial charge on any atom is -0.341 e. The molecular weight excluding hydrogens is 751 g/mol. The summed E-state index contributed by atoms with van der Waals surface area (Å²) < 4.78 is 4.96. The van der Waals surface area contributed by atoms with Crippen molar-refractivity contribution in [1.29, 1.82) is 0 Å². The molecule has 2 aromatic heterocycles. The van der Waals surface area contributed by atoms with Gasteiger partial charge < -0.3 is 14.0 Å². The van der Waals surface area contributed by atoms with E-state index >= 15 is 0 Å². The third-order valence-corrected chi connectivity index (χ3v) is 14.0. The second-order valence-corrected chi connectivity index (χ2v) is 17.8. The van der Waals surface area contributed by atoms with Gasteiger partial charge in [-0.05, 0) is 123 Å². The van der Waals surface area contributed by atoms with Gasteiger partial charge in [0.1, 0.15) is 0 Å². The van der Waals surface area contributed by atoms with Gasteiger partial charge >= 0.3 is 0 Å². The fourth-order valence-electron chi connectivity index (χ4n) is 11.0. The summed E-state index contributed by atoms with van der Waals surface area (Å²) >= 11 is 0. The van der Waals surface area contributed by atoms with Gasteiger partial charge in [0, 0.05) is 50.7 Å². The van der Waals surface area contributed by atoms with Crippen molar-refractivity contribution in [3.05, 3.63) is 206 Å². The quantitative estimate of drug-likeness (QED) is 0.174. The topological polar surface area (TPSA) is 13.1 Å². The van der Waals surface area contributed by atoms with Crippen LogP contribution in [0.5, 0.6) is 0 Å². The lowest BCUT2D eigenvalue weighted by atomic mass is 9.73. The van der Waals surface area contributed by atoms with Crippen molar-refractivity contribution >= 4 is 55.0 Å². The van der Waals surface area contributed by atoms with E-state index in [9.17, 15) is 0 Å². The standard InChI is InChI=1S/C59H43N3/c1-59(2)33-34-60(38-17-4-3-5-18-38)57-37-49-47-26-16-30-56(58(47)46-25-9-8-20-41(46)40-19-6-7-21-42(40)48(49)36-51(57)59)62-54-29-15-12-24-45(54)50-35-39(31-32-55(50)62)61-52-27-13-10-22-43(52)44-23-11-14-28-53(44)61/h3-32,35-37H,33-34H2,1-2H3. The number of aromatic nitrogens is 2. The summed E-state index contributed by atoms with van der Waals surface area (Å²) in [6.07, 6.45) is 1.07. The van der Waals surface area contributed by atoms with Crippen molar-refractivity contribution in [3.63, 3.8) is 0 Å². The van der Waals surface area contributed by atoms with E-state index < -0.39 is 0 Å². The monoisotopic (exact) mass is 793 g/mol. The van der Waals surface area contributed by atoms with E-state index in [2.05, 4.69) is 228 Å². The number of anilines is 2. The third-order valence-electron chi connectivity index (χ3n) is 14.0. The molecule has 2 aliphatic rings. The smallest absolute Gasteiger partial charge is 0.0547 e. The summed E-state index contributed by atoms with van der Waals surface area (Å²) in [7, 11) is 0. The van der Waals surface area contributed by atoms with Crippen LogP contribution < -0.4 is 4.90 Å². The Morgan fingerprint density at radius 3 is 1.56 bits per heavy atom. The molecule has 13 rings (SSSR count). The van der Waals surface area contributed by atoms with Gasteiger partial charge in [-0.2, -0.15) is 0 Å². The molecule has 0 fully saturated rings. The maximum atomic E-state index is 2.55. The zero-order valence-electron chi connectivity index (χ0n) is 34.8. The molecule has 9 aromatic carbocycles. The molecule has 3 heterocycles. The summed E-state index contributed by atoms with van der Waals surface area (Å²) in [4.78, 5) is 2.55. The average Bonchev–Trinajstić information content (AvgIpc) is 3.83. The first-order chi connectivity index (χ1) is 30.5. The van der Waals surface area contributed by atoms with Gasteiger partial charge in [-0.25, -0.2) is 0 Å². The molecule has 0 N–H and O–H groups in total. The van der Waals surface area contributed by atoms with E-state index in [0.29, 0.717) is 0 Å². The third kappa shape index (κ3) is 5.00. The highest BCUT2D eigenvalue weighted by Crippen LogP contribution is 2.54. The van der Waals surface area contributed by atoms with E-state index in [-0.39, 0.29) is 5.41 Å². The molecule has 11 aromatic rings. The van der Waals surface area contributed by atoms with Crippen molar-refractivity contribution in [1.82, 2.24) is 9.13 Å². The number of hydrogen-bond donors (Lipinski definition) is 0. The van der Waals surface area contributed by atoms with Gasteiger partial charge in [0.15, 0.2) is 0 Å². The molecule has 1 aliphatic heterocycles. The van der Waals surface area contributed by atoms with E-state index in [1.165, 1.54) is 111 Å². The van der Waals surface area contributed by atoms with Crippen LogP contribution in [0.1, 0.15) is 25.8 Å². The number of nitrogens with zero attached hydrogens (tertiary/aromatic N) is 3. The van der Waals surface area contributed by atoms with Gasteiger partial charge in [0.2, 0.25) is 0 Å². The largest absolute Gasteiger partial charge is 0.341 e. The van der Waals surface area contributed by atoms with Crippen LogP contribution in [0.4, 0.5) is 11.4 Å². The Hall–Kier alpha value is -7.62. The van der Waals surface area contributed by atoms with Gasteiger partial charge in [-0.1, -0.05) is 147 Å². The number of benzene rings is 9. The molecule has 1 aliphatic carbocycles.